The number of rotatable bonds is 4. The van der Waals surface area contributed by atoms with Crippen LogP contribution in [0.25, 0.3) is 0 Å². The van der Waals surface area contributed by atoms with Crippen LogP contribution in [0.15, 0.2) is 24.3 Å². The van der Waals surface area contributed by atoms with E-state index < -0.39 is 0 Å². The third kappa shape index (κ3) is 3.03. The summed E-state index contributed by atoms with van der Waals surface area (Å²) >= 11 is 0. The van der Waals surface area contributed by atoms with Crippen LogP contribution in [0.2, 0.25) is 0 Å². The van der Waals surface area contributed by atoms with Crippen LogP contribution < -0.4 is 14.8 Å². The number of nitrogens with one attached hydrogen (secondary N) is 1. The van der Waals surface area contributed by atoms with Crippen molar-refractivity contribution in [1.82, 2.24) is 15.1 Å². The second-order valence-electron chi connectivity index (χ2n) is 6.94. The van der Waals surface area contributed by atoms with E-state index in [1.54, 1.807) is 17.8 Å². The van der Waals surface area contributed by atoms with Crippen molar-refractivity contribution in [3.8, 4) is 11.5 Å². The van der Waals surface area contributed by atoms with Crippen molar-refractivity contribution in [1.29, 1.82) is 0 Å². The number of aromatic nitrogens is 2. The Morgan fingerprint density at radius 3 is 2.73 bits per heavy atom. The summed E-state index contributed by atoms with van der Waals surface area (Å²) in [6.45, 7) is 4.03. The Morgan fingerprint density at radius 1 is 1.23 bits per heavy atom. The van der Waals surface area contributed by atoms with Crippen molar-refractivity contribution in [3.63, 3.8) is 0 Å². The maximum absolute atomic E-state index is 12.6. The first-order chi connectivity index (χ1) is 12.6. The fourth-order valence-electron chi connectivity index (χ4n) is 3.72. The van der Waals surface area contributed by atoms with Crippen molar-refractivity contribution in [2.45, 2.75) is 25.2 Å². The summed E-state index contributed by atoms with van der Waals surface area (Å²) in [5.74, 6) is 1.42. The molecule has 2 aliphatic heterocycles. The molecule has 26 heavy (non-hydrogen) atoms. The number of fused-ring (bicyclic) bond motifs is 1. The molecule has 0 radical (unpaired) electrons. The average Bonchev–Trinajstić information content (AvgIpc) is 3.25. The minimum atomic E-state index is -0.178. The molecule has 0 spiro atoms. The molecule has 3 heterocycles. The minimum Gasteiger partial charge on any atom is -0.454 e. The zero-order valence-corrected chi connectivity index (χ0v) is 15.1. The Hall–Kier alpha value is -2.54. The van der Waals surface area contributed by atoms with Crippen LogP contribution in [-0.2, 0) is 17.2 Å². The molecular weight excluding hydrogens is 334 g/mol. The number of ether oxygens (including phenoxy) is 3. The van der Waals surface area contributed by atoms with Crippen molar-refractivity contribution in [2.75, 3.05) is 26.6 Å². The maximum Gasteiger partial charge on any atom is 0.269 e. The molecule has 1 aromatic carbocycles. The number of carbonyl (C=O) groups is 1. The molecule has 1 amide bonds. The smallest absolute Gasteiger partial charge is 0.269 e. The summed E-state index contributed by atoms with van der Waals surface area (Å²) in [6, 6.07) is 7.85. The Kier molecular flexibility index (Phi) is 4.32. The van der Waals surface area contributed by atoms with Gasteiger partial charge in [-0.1, -0.05) is 6.07 Å². The van der Waals surface area contributed by atoms with Gasteiger partial charge in [-0.2, -0.15) is 5.10 Å². The van der Waals surface area contributed by atoms with Crippen molar-refractivity contribution in [3.05, 3.63) is 41.2 Å². The van der Waals surface area contributed by atoms with Gasteiger partial charge in [0.2, 0.25) is 6.79 Å². The number of nitrogens with zero attached hydrogens (tertiary/aromatic N) is 2. The third-order valence-electron chi connectivity index (χ3n) is 5.26. The number of aryl methyl sites for hydroxylation is 2. The lowest BCUT2D eigenvalue weighted by atomic mass is 9.74. The molecule has 7 nitrogen and oxygen atoms in total. The highest BCUT2D eigenvalue weighted by molar-refractivity contribution is 5.92. The number of hydrogen-bond donors (Lipinski definition) is 1. The molecule has 0 unspecified atom stereocenters. The van der Waals surface area contributed by atoms with Gasteiger partial charge in [0.25, 0.3) is 5.91 Å². The highest BCUT2D eigenvalue weighted by Gasteiger charge is 2.36. The fraction of sp³-hybridized carbons (Fsp3) is 0.474. The normalized spacial score (nSPS) is 17.9. The highest BCUT2D eigenvalue weighted by Crippen LogP contribution is 2.40. The molecule has 7 heteroatoms. The van der Waals surface area contributed by atoms with Crippen LogP contribution in [0.3, 0.4) is 0 Å². The summed E-state index contributed by atoms with van der Waals surface area (Å²) in [4.78, 5) is 12.6. The van der Waals surface area contributed by atoms with Gasteiger partial charge in [-0.05, 0) is 43.5 Å². The van der Waals surface area contributed by atoms with E-state index in [0.717, 1.165) is 35.6 Å². The third-order valence-corrected chi connectivity index (χ3v) is 5.26. The Labute approximate surface area is 152 Å². The monoisotopic (exact) mass is 357 g/mol. The van der Waals surface area contributed by atoms with Gasteiger partial charge in [-0.25, -0.2) is 0 Å². The van der Waals surface area contributed by atoms with Crippen LogP contribution in [0.1, 0.15) is 34.6 Å². The Balaban J connectivity index is 1.57. The molecule has 2 aliphatic rings. The van der Waals surface area contributed by atoms with Gasteiger partial charge in [-0.3, -0.25) is 9.48 Å². The molecule has 1 saturated heterocycles. The van der Waals surface area contributed by atoms with Gasteiger partial charge >= 0.3 is 0 Å². The lowest BCUT2D eigenvalue weighted by Gasteiger charge is -2.38. The second kappa shape index (κ2) is 6.64. The van der Waals surface area contributed by atoms with Gasteiger partial charge in [0.15, 0.2) is 11.5 Å². The Bertz CT molecular complexity index is 824. The first-order valence-electron chi connectivity index (χ1n) is 8.84. The predicted molar refractivity (Wildman–Crippen MR) is 94.6 cm³/mol. The van der Waals surface area contributed by atoms with E-state index in [1.807, 2.05) is 19.1 Å². The lowest BCUT2D eigenvalue weighted by Crippen LogP contribution is -2.44. The van der Waals surface area contributed by atoms with Crippen molar-refractivity contribution < 1.29 is 19.0 Å². The average molecular weight is 357 g/mol. The summed E-state index contributed by atoms with van der Waals surface area (Å²) < 4.78 is 18.1. The standard InChI is InChI=1S/C19H23N3O4/c1-13-9-15(22(2)21-13)18(23)20-11-19(5-7-24-8-6-19)14-3-4-16-17(10-14)26-12-25-16/h3-4,9-10H,5-8,11-12H2,1-2H3,(H,20,23). The molecule has 0 bridgehead atoms. The first kappa shape index (κ1) is 16.9. The number of carbonyl (C=O) groups excluding carboxylic acids is 1. The number of benzene rings is 1. The van der Waals surface area contributed by atoms with E-state index in [9.17, 15) is 4.79 Å². The fourth-order valence-corrected chi connectivity index (χ4v) is 3.72. The second-order valence-corrected chi connectivity index (χ2v) is 6.94. The first-order valence-corrected chi connectivity index (χ1v) is 8.84. The molecule has 1 N–H and O–H groups in total. The zero-order valence-electron chi connectivity index (χ0n) is 15.1. The summed E-state index contributed by atoms with van der Waals surface area (Å²) in [7, 11) is 1.78. The van der Waals surface area contributed by atoms with E-state index in [4.69, 9.17) is 14.2 Å². The maximum atomic E-state index is 12.6. The molecule has 0 atom stereocenters. The van der Waals surface area contributed by atoms with Gasteiger partial charge in [-0.15, -0.1) is 0 Å². The largest absolute Gasteiger partial charge is 0.454 e. The quantitative estimate of drug-likeness (QED) is 0.905. The molecule has 0 aliphatic carbocycles. The van der Waals surface area contributed by atoms with Crippen molar-refractivity contribution in [2.24, 2.45) is 7.05 Å². The predicted octanol–water partition coefficient (Wildman–Crippen LogP) is 1.94. The topological polar surface area (TPSA) is 74.6 Å². The highest BCUT2D eigenvalue weighted by atomic mass is 16.7. The van der Waals surface area contributed by atoms with Crippen LogP contribution in [0.4, 0.5) is 0 Å². The summed E-state index contributed by atoms with van der Waals surface area (Å²) in [5.41, 5.74) is 2.36. The lowest BCUT2D eigenvalue weighted by molar-refractivity contribution is 0.0485. The molecule has 1 fully saturated rings. The van der Waals surface area contributed by atoms with Crippen molar-refractivity contribution >= 4 is 5.91 Å². The SMILES string of the molecule is Cc1cc(C(=O)NCC2(c3ccc4c(c3)OCO4)CCOCC2)n(C)n1. The van der Waals surface area contributed by atoms with E-state index in [2.05, 4.69) is 16.5 Å². The van der Waals surface area contributed by atoms with E-state index in [-0.39, 0.29) is 18.1 Å². The van der Waals surface area contributed by atoms with Gasteiger partial charge < -0.3 is 19.5 Å². The zero-order chi connectivity index (χ0) is 18.1. The molecule has 0 saturated carbocycles. The summed E-state index contributed by atoms with van der Waals surface area (Å²) in [6.07, 6.45) is 1.69. The number of amides is 1. The summed E-state index contributed by atoms with van der Waals surface area (Å²) in [5, 5.41) is 7.35. The molecular formula is C19H23N3O4. The van der Waals surface area contributed by atoms with Gasteiger partial charge in [0, 0.05) is 32.2 Å². The molecule has 1 aromatic heterocycles. The molecule has 138 valence electrons. The van der Waals surface area contributed by atoms with Gasteiger partial charge in [0.05, 0.1) is 5.69 Å². The molecule has 2 aromatic rings. The van der Waals surface area contributed by atoms with E-state index in [0.29, 0.717) is 25.5 Å². The van der Waals surface area contributed by atoms with Crippen LogP contribution in [0.5, 0.6) is 11.5 Å². The van der Waals surface area contributed by atoms with E-state index >= 15 is 0 Å². The van der Waals surface area contributed by atoms with Gasteiger partial charge in [0.1, 0.15) is 5.69 Å². The van der Waals surface area contributed by atoms with Crippen LogP contribution >= 0.6 is 0 Å². The Morgan fingerprint density at radius 2 is 2.00 bits per heavy atom. The number of hydrogen-bond acceptors (Lipinski definition) is 5. The van der Waals surface area contributed by atoms with Crippen LogP contribution in [0, 0.1) is 6.92 Å². The van der Waals surface area contributed by atoms with Crippen LogP contribution in [-0.4, -0.2) is 42.2 Å². The molecule has 4 rings (SSSR count). The van der Waals surface area contributed by atoms with E-state index in [1.165, 1.54) is 0 Å². The minimum absolute atomic E-state index is 0.111.